The Bertz CT molecular complexity index is 137. The summed E-state index contributed by atoms with van der Waals surface area (Å²) in [6, 6.07) is 0. The third kappa shape index (κ3) is 3.17. The molecule has 2 heteroatoms. The van der Waals surface area contributed by atoms with Crippen LogP contribution in [0.3, 0.4) is 0 Å². The molecule has 0 amide bonds. The number of rotatable bonds is 3. The van der Waals surface area contributed by atoms with E-state index in [2.05, 4.69) is 17.1 Å². The van der Waals surface area contributed by atoms with Gasteiger partial charge in [0.15, 0.2) is 0 Å². The standard InChI is InChI=1S/C11H21NS/c1-2-4-6-11(5-3-1)13-9-10-7-12-8-10/h10-12H,1-9H2. The van der Waals surface area contributed by atoms with Crippen molar-refractivity contribution in [1.82, 2.24) is 5.32 Å². The van der Waals surface area contributed by atoms with Gasteiger partial charge in [0, 0.05) is 5.25 Å². The molecule has 0 aromatic rings. The Kier molecular flexibility index (Phi) is 3.98. The molecule has 2 fully saturated rings. The van der Waals surface area contributed by atoms with Crippen molar-refractivity contribution in [3.63, 3.8) is 0 Å². The molecule has 76 valence electrons. The third-order valence-corrected chi connectivity index (χ3v) is 4.84. The van der Waals surface area contributed by atoms with E-state index in [4.69, 9.17) is 0 Å². The van der Waals surface area contributed by atoms with Crippen LogP contribution < -0.4 is 5.32 Å². The van der Waals surface area contributed by atoms with Crippen molar-refractivity contribution in [1.29, 1.82) is 0 Å². The van der Waals surface area contributed by atoms with Gasteiger partial charge in [-0.25, -0.2) is 0 Å². The average Bonchev–Trinajstić information content (AvgIpc) is 2.30. The second-order valence-electron chi connectivity index (χ2n) is 4.47. The molecule has 0 aromatic carbocycles. The van der Waals surface area contributed by atoms with Crippen molar-refractivity contribution in [3.05, 3.63) is 0 Å². The SMILES string of the molecule is C1CCCC(SCC2CNC2)CC1. The van der Waals surface area contributed by atoms with Crippen LogP contribution >= 0.6 is 11.8 Å². The minimum Gasteiger partial charge on any atom is -0.316 e. The van der Waals surface area contributed by atoms with Crippen molar-refractivity contribution >= 4 is 11.8 Å². The summed E-state index contributed by atoms with van der Waals surface area (Å²) in [7, 11) is 0. The number of hydrogen-bond acceptors (Lipinski definition) is 2. The molecule has 0 spiro atoms. The lowest BCUT2D eigenvalue weighted by molar-refractivity contribution is 0.384. The highest BCUT2D eigenvalue weighted by molar-refractivity contribution is 7.99. The van der Waals surface area contributed by atoms with E-state index in [-0.39, 0.29) is 0 Å². The van der Waals surface area contributed by atoms with Gasteiger partial charge in [-0.05, 0) is 37.6 Å². The molecule has 1 N–H and O–H groups in total. The van der Waals surface area contributed by atoms with Crippen molar-refractivity contribution in [2.75, 3.05) is 18.8 Å². The molecule has 1 aliphatic heterocycles. The largest absolute Gasteiger partial charge is 0.316 e. The second-order valence-corrected chi connectivity index (χ2v) is 5.80. The maximum atomic E-state index is 3.35. The lowest BCUT2D eigenvalue weighted by Crippen LogP contribution is -2.43. The van der Waals surface area contributed by atoms with E-state index >= 15 is 0 Å². The van der Waals surface area contributed by atoms with Gasteiger partial charge in [-0.15, -0.1) is 0 Å². The van der Waals surface area contributed by atoms with Crippen LogP contribution in [0.15, 0.2) is 0 Å². The highest BCUT2D eigenvalue weighted by Crippen LogP contribution is 2.29. The molecule has 0 aromatic heterocycles. The zero-order chi connectivity index (χ0) is 8.93. The second kappa shape index (κ2) is 5.26. The highest BCUT2D eigenvalue weighted by Gasteiger charge is 2.19. The van der Waals surface area contributed by atoms with Crippen LogP contribution in [0.5, 0.6) is 0 Å². The molecule has 0 bridgehead atoms. The first-order valence-corrected chi connectivity index (χ1v) is 6.82. The Balaban J connectivity index is 1.61. The molecule has 0 atom stereocenters. The Morgan fingerprint density at radius 2 is 1.69 bits per heavy atom. The number of thioether (sulfide) groups is 1. The Morgan fingerprint density at radius 1 is 1.00 bits per heavy atom. The van der Waals surface area contributed by atoms with Crippen molar-refractivity contribution in [2.24, 2.45) is 5.92 Å². The number of nitrogens with one attached hydrogen (secondary N) is 1. The Morgan fingerprint density at radius 3 is 2.23 bits per heavy atom. The predicted octanol–water partition coefficient (Wildman–Crippen LogP) is 2.66. The molecule has 13 heavy (non-hydrogen) atoms. The topological polar surface area (TPSA) is 12.0 Å². The van der Waals surface area contributed by atoms with Crippen LogP contribution in [0.4, 0.5) is 0 Å². The van der Waals surface area contributed by atoms with Crippen molar-refractivity contribution in [2.45, 2.75) is 43.8 Å². The smallest absolute Gasteiger partial charge is 0.00471 e. The molecule has 1 heterocycles. The normalized spacial score (nSPS) is 26.8. The first-order valence-electron chi connectivity index (χ1n) is 5.77. The van der Waals surface area contributed by atoms with Gasteiger partial charge < -0.3 is 5.32 Å². The zero-order valence-electron chi connectivity index (χ0n) is 8.43. The molecular formula is C11H21NS. The van der Waals surface area contributed by atoms with Crippen molar-refractivity contribution in [3.8, 4) is 0 Å². The predicted molar refractivity (Wildman–Crippen MR) is 60.3 cm³/mol. The first-order chi connectivity index (χ1) is 6.45. The fourth-order valence-corrected chi connectivity index (χ4v) is 3.59. The maximum Gasteiger partial charge on any atom is 0.00471 e. The molecule has 1 nitrogen and oxygen atoms in total. The van der Waals surface area contributed by atoms with E-state index in [1.54, 1.807) is 0 Å². The van der Waals surface area contributed by atoms with Gasteiger partial charge >= 0.3 is 0 Å². The Hall–Kier alpha value is 0.310. The van der Waals surface area contributed by atoms with E-state index < -0.39 is 0 Å². The van der Waals surface area contributed by atoms with Crippen LogP contribution in [0.1, 0.15) is 38.5 Å². The molecule has 1 saturated heterocycles. The van der Waals surface area contributed by atoms with Gasteiger partial charge in [0.1, 0.15) is 0 Å². The lowest BCUT2D eigenvalue weighted by atomic mass is 10.1. The van der Waals surface area contributed by atoms with Gasteiger partial charge in [-0.3, -0.25) is 0 Å². The maximum absolute atomic E-state index is 3.35. The highest BCUT2D eigenvalue weighted by atomic mass is 32.2. The first kappa shape index (κ1) is 9.85. The van der Waals surface area contributed by atoms with E-state index in [0.717, 1.165) is 11.2 Å². The van der Waals surface area contributed by atoms with Crippen molar-refractivity contribution < 1.29 is 0 Å². The van der Waals surface area contributed by atoms with E-state index in [1.165, 1.54) is 57.4 Å². The Labute approximate surface area is 86.0 Å². The number of hydrogen-bond donors (Lipinski definition) is 1. The summed E-state index contributed by atoms with van der Waals surface area (Å²) in [6.45, 7) is 2.56. The fourth-order valence-electron chi connectivity index (χ4n) is 2.15. The fraction of sp³-hybridized carbons (Fsp3) is 1.00. The molecule has 2 aliphatic rings. The van der Waals surface area contributed by atoms with Crippen LogP contribution in [-0.4, -0.2) is 24.1 Å². The monoisotopic (exact) mass is 199 g/mol. The summed E-state index contributed by atoms with van der Waals surface area (Å²) in [5.41, 5.74) is 0. The van der Waals surface area contributed by atoms with Gasteiger partial charge in [0.05, 0.1) is 0 Å². The molecule has 0 radical (unpaired) electrons. The summed E-state index contributed by atoms with van der Waals surface area (Å²) in [4.78, 5) is 0. The van der Waals surface area contributed by atoms with Crippen LogP contribution in [0.25, 0.3) is 0 Å². The summed E-state index contributed by atoms with van der Waals surface area (Å²) in [6.07, 6.45) is 8.93. The molecule has 1 aliphatic carbocycles. The van der Waals surface area contributed by atoms with Crippen LogP contribution in [0.2, 0.25) is 0 Å². The molecule has 1 saturated carbocycles. The summed E-state index contributed by atoms with van der Waals surface area (Å²) in [5.74, 6) is 2.41. The lowest BCUT2D eigenvalue weighted by Gasteiger charge is -2.28. The van der Waals surface area contributed by atoms with Crippen LogP contribution in [-0.2, 0) is 0 Å². The average molecular weight is 199 g/mol. The molecule has 0 unspecified atom stereocenters. The van der Waals surface area contributed by atoms with E-state index in [9.17, 15) is 0 Å². The quantitative estimate of drug-likeness (QED) is 0.701. The van der Waals surface area contributed by atoms with Gasteiger partial charge in [0.25, 0.3) is 0 Å². The molecular weight excluding hydrogens is 178 g/mol. The van der Waals surface area contributed by atoms with E-state index in [1.807, 2.05) is 0 Å². The summed E-state index contributed by atoms with van der Waals surface area (Å²) in [5, 5.41) is 4.35. The van der Waals surface area contributed by atoms with Crippen LogP contribution in [0, 0.1) is 5.92 Å². The van der Waals surface area contributed by atoms with E-state index in [0.29, 0.717) is 0 Å². The minimum atomic E-state index is 0.994. The molecule has 2 rings (SSSR count). The van der Waals surface area contributed by atoms with Gasteiger partial charge in [-0.1, -0.05) is 25.7 Å². The van der Waals surface area contributed by atoms with Gasteiger partial charge in [0.2, 0.25) is 0 Å². The summed E-state index contributed by atoms with van der Waals surface area (Å²) >= 11 is 2.25. The van der Waals surface area contributed by atoms with Gasteiger partial charge in [-0.2, -0.15) is 11.8 Å². The third-order valence-electron chi connectivity index (χ3n) is 3.24. The zero-order valence-corrected chi connectivity index (χ0v) is 9.24. The minimum absolute atomic E-state index is 0.994. The summed E-state index contributed by atoms with van der Waals surface area (Å²) < 4.78 is 0.